The molecule has 0 amide bonds. The van der Waals surface area contributed by atoms with Crippen LogP contribution in [-0.2, 0) is 13.0 Å². The van der Waals surface area contributed by atoms with Crippen molar-refractivity contribution in [3.05, 3.63) is 18.0 Å². The molecule has 0 saturated carbocycles. The Kier molecular flexibility index (Phi) is 4.84. The van der Waals surface area contributed by atoms with Crippen LogP contribution in [0.3, 0.4) is 0 Å². The molecular formula is C10H18N4S. The van der Waals surface area contributed by atoms with Crippen LogP contribution in [0, 0.1) is 0 Å². The fourth-order valence-electron chi connectivity index (χ4n) is 1.34. The van der Waals surface area contributed by atoms with Gasteiger partial charge in [0.15, 0.2) is 5.16 Å². The van der Waals surface area contributed by atoms with E-state index in [0.717, 1.165) is 35.9 Å². The van der Waals surface area contributed by atoms with Gasteiger partial charge in [-0.25, -0.2) is 0 Å². The van der Waals surface area contributed by atoms with E-state index in [-0.39, 0.29) is 0 Å². The Morgan fingerprint density at radius 1 is 1.53 bits per heavy atom. The van der Waals surface area contributed by atoms with Gasteiger partial charge in [-0.2, -0.15) is 0 Å². The molecule has 84 valence electrons. The number of allylic oxidation sites excluding steroid dienone is 1. The van der Waals surface area contributed by atoms with Gasteiger partial charge >= 0.3 is 0 Å². The van der Waals surface area contributed by atoms with Crippen molar-refractivity contribution in [2.75, 3.05) is 12.8 Å². The second-order valence-corrected chi connectivity index (χ2v) is 4.31. The highest BCUT2D eigenvalue weighted by Crippen LogP contribution is 2.15. The zero-order valence-corrected chi connectivity index (χ0v) is 10.2. The van der Waals surface area contributed by atoms with Crippen LogP contribution in [0.15, 0.2) is 17.3 Å². The summed E-state index contributed by atoms with van der Waals surface area (Å²) in [7, 11) is 0. The topological polar surface area (TPSA) is 56.7 Å². The molecule has 0 fully saturated rings. The van der Waals surface area contributed by atoms with Gasteiger partial charge < -0.3 is 10.3 Å². The molecule has 1 aromatic rings. The summed E-state index contributed by atoms with van der Waals surface area (Å²) in [4.78, 5) is 0. The summed E-state index contributed by atoms with van der Waals surface area (Å²) in [5, 5.41) is 9.26. The van der Waals surface area contributed by atoms with Gasteiger partial charge in [0.25, 0.3) is 0 Å². The van der Waals surface area contributed by atoms with Crippen LogP contribution in [0.1, 0.15) is 19.2 Å². The van der Waals surface area contributed by atoms with E-state index in [1.807, 2.05) is 13.2 Å². The van der Waals surface area contributed by atoms with Gasteiger partial charge in [-0.1, -0.05) is 23.9 Å². The average Bonchev–Trinajstić information content (AvgIpc) is 2.57. The predicted octanol–water partition coefficient (Wildman–Crippen LogP) is 1.47. The predicted molar refractivity (Wildman–Crippen MR) is 64.0 cm³/mol. The summed E-state index contributed by atoms with van der Waals surface area (Å²) in [5.41, 5.74) is 6.60. The van der Waals surface area contributed by atoms with Crippen molar-refractivity contribution in [2.24, 2.45) is 5.73 Å². The number of thioether (sulfide) groups is 1. The largest absolute Gasteiger partial charge is 0.330 e. The molecule has 0 aliphatic heterocycles. The molecule has 1 aromatic heterocycles. The molecule has 0 unspecified atom stereocenters. The van der Waals surface area contributed by atoms with E-state index in [4.69, 9.17) is 5.73 Å². The van der Waals surface area contributed by atoms with Crippen molar-refractivity contribution in [2.45, 2.75) is 31.5 Å². The van der Waals surface area contributed by atoms with Gasteiger partial charge in [0.05, 0.1) is 0 Å². The first-order valence-corrected chi connectivity index (χ1v) is 6.22. The van der Waals surface area contributed by atoms with Gasteiger partial charge in [0.1, 0.15) is 5.82 Å². The number of aromatic nitrogens is 3. The molecule has 0 aliphatic carbocycles. The van der Waals surface area contributed by atoms with Gasteiger partial charge in [0.2, 0.25) is 0 Å². The lowest BCUT2D eigenvalue weighted by Gasteiger charge is -2.08. The quantitative estimate of drug-likeness (QED) is 0.589. The summed E-state index contributed by atoms with van der Waals surface area (Å²) >= 11 is 1.61. The minimum Gasteiger partial charge on any atom is -0.330 e. The third-order valence-electron chi connectivity index (χ3n) is 2.01. The first-order chi connectivity index (χ1) is 7.19. The molecule has 5 heteroatoms. The van der Waals surface area contributed by atoms with Crippen molar-refractivity contribution in [1.29, 1.82) is 0 Å². The molecule has 1 heterocycles. The maximum atomic E-state index is 5.49. The summed E-state index contributed by atoms with van der Waals surface area (Å²) in [6.45, 7) is 7.41. The number of nitrogens with two attached hydrogens (primary N) is 1. The number of aryl methyl sites for hydroxylation is 1. The molecule has 0 aliphatic rings. The first-order valence-electron chi connectivity index (χ1n) is 4.99. The van der Waals surface area contributed by atoms with E-state index in [2.05, 4.69) is 21.3 Å². The Morgan fingerprint density at radius 2 is 2.27 bits per heavy atom. The van der Waals surface area contributed by atoms with Crippen molar-refractivity contribution in [1.82, 2.24) is 14.8 Å². The van der Waals surface area contributed by atoms with Gasteiger partial charge in [-0.05, 0) is 26.1 Å². The number of rotatable bonds is 6. The zero-order chi connectivity index (χ0) is 11.3. The second kappa shape index (κ2) is 5.92. The van der Waals surface area contributed by atoms with Crippen molar-refractivity contribution < 1.29 is 0 Å². The smallest absolute Gasteiger partial charge is 0.191 e. The summed E-state index contributed by atoms with van der Waals surface area (Å²) < 4.78 is 2.11. The molecule has 15 heavy (non-hydrogen) atoms. The van der Waals surface area contributed by atoms with Crippen LogP contribution in [0.25, 0.3) is 0 Å². The maximum Gasteiger partial charge on any atom is 0.191 e. The maximum absolute atomic E-state index is 5.49. The third kappa shape index (κ3) is 3.35. The molecule has 1 rings (SSSR count). The molecule has 4 nitrogen and oxygen atoms in total. The minimum absolute atomic E-state index is 0.689. The Morgan fingerprint density at radius 3 is 2.80 bits per heavy atom. The lowest BCUT2D eigenvalue weighted by atomic mass is 10.3. The van der Waals surface area contributed by atoms with E-state index in [9.17, 15) is 0 Å². The van der Waals surface area contributed by atoms with E-state index in [1.165, 1.54) is 0 Å². The van der Waals surface area contributed by atoms with E-state index in [1.54, 1.807) is 11.8 Å². The highest BCUT2D eigenvalue weighted by molar-refractivity contribution is 7.98. The molecule has 2 N–H and O–H groups in total. The van der Waals surface area contributed by atoms with E-state index in [0.29, 0.717) is 6.54 Å². The monoisotopic (exact) mass is 226 g/mol. The SMILES string of the molecule is C=C(C)Cn1c(CCCN)nnc1SC. The lowest BCUT2D eigenvalue weighted by Crippen LogP contribution is -2.08. The van der Waals surface area contributed by atoms with Crippen LogP contribution in [0.2, 0.25) is 0 Å². The van der Waals surface area contributed by atoms with Crippen LogP contribution in [0.4, 0.5) is 0 Å². The molecule has 0 spiro atoms. The highest BCUT2D eigenvalue weighted by Gasteiger charge is 2.10. The third-order valence-corrected chi connectivity index (χ3v) is 2.68. The van der Waals surface area contributed by atoms with Crippen molar-refractivity contribution in [3.63, 3.8) is 0 Å². The summed E-state index contributed by atoms with van der Waals surface area (Å²) in [5.74, 6) is 1.01. The summed E-state index contributed by atoms with van der Waals surface area (Å²) in [6, 6.07) is 0. The first kappa shape index (κ1) is 12.3. The van der Waals surface area contributed by atoms with Crippen LogP contribution in [-0.4, -0.2) is 27.6 Å². The minimum atomic E-state index is 0.689. The fraction of sp³-hybridized carbons (Fsp3) is 0.600. The second-order valence-electron chi connectivity index (χ2n) is 3.54. The molecule has 0 aromatic carbocycles. The standard InChI is InChI=1S/C10H18N4S/c1-8(2)7-14-9(5-4-6-11)12-13-10(14)15-3/h1,4-7,11H2,2-3H3. The molecule has 0 bridgehead atoms. The van der Waals surface area contributed by atoms with E-state index < -0.39 is 0 Å². The molecule has 0 saturated heterocycles. The van der Waals surface area contributed by atoms with Crippen molar-refractivity contribution in [3.8, 4) is 0 Å². The molecule has 0 atom stereocenters. The summed E-state index contributed by atoms with van der Waals surface area (Å²) in [6.07, 6.45) is 3.84. The highest BCUT2D eigenvalue weighted by atomic mass is 32.2. The number of nitrogens with zero attached hydrogens (tertiary/aromatic N) is 3. The van der Waals surface area contributed by atoms with Gasteiger partial charge in [-0.15, -0.1) is 10.2 Å². The zero-order valence-electron chi connectivity index (χ0n) is 9.36. The van der Waals surface area contributed by atoms with Crippen LogP contribution in [0.5, 0.6) is 0 Å². The van der Waals surface area contributed by atoms with E-state index >= 15 is 0 Å². The van der Waals surface area contributed by atoms with Crippen LogP contribution < -0.4 is 5.73 Å². The average molecular weight is 226 g/mol. The van der Waals surface area contributed by atoms with Gasteiger partial charge in [0, 0.05) is 13.0 Å². The fourth-order valence-corrected chi connectivity index (χ4v) is 1.86. The Labute approximate surface area is 95.0 Å². The molecule has 0 radical (unpaired) electrons. The van der Waals surface area contributed by atoms with Crippen LogP contribution >= 0.6 is 11.8 Å². The Bertz CT molecular complexity index is 332. The Hall–Kier alpha value is -0.810. The number of hydrogen-bond acceptors (Lipinski definition) is 4. The van der Waals surface area contributed by atoms with Crippen molar-refractivity contribution >= 4 is 11.8 Å². The lowest BCUT2D eigenvalue weighted by molar-refractivity contribution is 0.643. The van der Waals surface area contributed by atoms with Gasteiger partial charge in [-0.3, -0.25) is 0 Å². The normalized spacial score (nSPS) is 10.6. The Balaban J connectivity index is 2.84. The molecular weight excluding hydrogens is 208 g/mol. The number of hydrogen-bond donors (Lipinski definition) is 1.